The lowest BCUT2D eigenvalue weighted by atomic mass is 10.1. The minimum atomic E-state index is -0.444. The van der Waals surface area contributed by atoms with Gasteiger partial charge in [0.05, 0.1) is 25.6 Å². The number of rotatable bonds is 4. The molecule has 29 heavy (non-hydrogen) atoms. The Morgan fingerprint density at radius 3 is 2.34 bits per heavy atom. The van der Waals surface area contributed by atoms with Crippen molar-refractivity contribution >= 4 is 22.3 Å². The summed E-state index contributed by atoms with van der Waals surface area (Å²) in [6, 6.07) is 12.6. The van der Waals surface area contributed by atoms with Crippen LogP contribution in [0.15, 0.2) is 36.4 Å². The van der Waals surface area contributed by atoms with Crippen molar-refractivity contribution in [3.05, 3.63) is 47.9 Å². The number of halogens is 1. The summed E-state index contributed by atoms with van der Waals surface area (Å²) in [6.45, 7) is 2.74. The molecule has 7 nitrogen and oxygen atoms in total. The van der Waals surface area contributed by atoms with Gasteiger partial charge in [0.2, 0.25) is 0 Å². The molecule has 0 atom stereocenters. The van der Waals surface area contributed by atoms with Crippen LogP contribution >= 0.6 is 0 Å². The van der Waals surface area contributed by atoms with Crippen molar-refractivity contribution in [1.29, 1.82) is 5.26 Å². The molecule has 1 aliphatic rings. The first kappa shape index (κ1) is 18.7. The Morgan fingerprint density at radius 1 is 0.966 bits per heavy atom. The second-order valence-corrected chi connectivity index (χ2v) is 6.66. The lowest BCUT2D eigenvalue weighted by Gasteiger charge is -2.38. The molecule has 2 heterocycles. The molecule has 0 aliphatic carbocycles. The lowest BCUT2D eigenvalue weighted by Crippen LogP contribution is -2.47. The number of hydrogen-bond donors (Lipinski definition) is 0. The molecule has 1 aromatic heterocycles. The monoisotopic (exact) mass is 393 g/mol. The average molecular weight is 393 g/mol. The van der Waals surface area contributed by atoms with Gasteiger partial charge in [0.15, 0.2) is 5.69 Å². The molecule has 1 aliphatic heterocycles. The largest absolute Gasteiger partial charge is 0.495 e. The Bertz CT molecular complexity index is 1090. The molecule has 0 spiro atoms. The Morgan fingerprint density at radius 2 is 1.66 bits per heavy atom. The Labute approximate surface area is 167 Å². The molecule has 1 saturated heterocycles. The molecule has 0 N–H and O–H groups in total. The van der Waals surface area contributed by atoms with E-state index < -0.39 is 5.82 Å². The van der Waals surface area contributed by atoms with Gasteiger partial charge >= 0.3 is 0 Å². The first-order valence-electron chi connectivity index (χ1n) is 9.23. The van der Waals surface area contributed by atoms with Crippen LogP contribution in [0.3, 0.4) is 0 Å². The van der Waals surface area contributed by atoms with E-state index in [9.17, 15) is 9.65 Å². The fraction of sp³-hybridized carbons (Fsp3) is 0.286. The summed E-state index contributed by atoms with van der Waals surface area (Å²) in [5.41, 5.74) is 2.24. The lowest BCUT2D eigenvalue weighted by molar-refractivity contribution is 0.413. The highest BCUT2D eigenvalue weighted by atomic mass is 19.1. The fourth-order valence-corrected chi connectivity index (χ4v) is 3.75. The number of benzene rings is 2. The van der Waals surface area contributed by atoms with Gasteiger partial charge in [-0.15, -0.1) is 10.2 Å². The van der Waals surface area contributed by atoms with Crippen molar-refractivity contribution in [3.8, 4) is 17.6 Å². The second kappa shape index (κ2) is 7.80. The molecule has 0 unspecified atom stereocenters. The molecule has 0 bridgehead atoms. The van der Waals surface area contributed by atoms with Crippen LogP contribution in [0.1, 0.15) is 5.69 Å². The maximum absolute atomic E-state index is 14.2. The Kier molecular flexibility index (Phi) is 5.04. The standard InChI is InChI=1S/C21H20FN5O2/c1-28-18-6-4-3-5-17(18)26-7-9-27(10-8-26)21-15-11-14(22)12-19(29-2)20(15)25-24-16(21)13-23/h3-6,11-12H,7-10H2,1-2H3. The van der Waals surface area contributed by atoms with Gasteiger partial charge in [-0.05, 0) is 18.2 Å². The van der Waals surface area contributed by atoms with E-state index in [1.807, 2.05) is 24.3 Å². The topological polar surface area (TPSA) is 74.5 Å². The van der Waals surface area contributed by atoms with Crippen LogP contribution in [0, 0.1) is 17.1 Å². The predicted octanol–water partition coefficient (Wildman–Crippen LogP) is 2.98. The van der Waals surface area contributed by atoms with E-state index in [4.69, 9.17) is 9.47 Å². The number of ether oxygens (including phenoxy) is 2. The Hall–Kier alpha value is -3.60. The van der Waals surface area contributed by atoms with Gasteiger partial charge in [0.1, 0.15) is 28.9 Å². The van der Waals surface area contributed by atoms with Gasteiger partial charge in [0.25, 0.3) is 0 Å². The summed E-state index contributed by atoms with van der Waals surface area (Å²) < 4.78 is 24.9. The molecule has 1 fully saturated rings. The van der Waals surface area contributed by atoms with Crippen LogP contribution in [0.5, 0.6) is 11.5 Å². The highest BCUT2D eigenvalue weighted by molar-refractivity contribution is 5.96. The molecule has 148 valence electrons. The number of nitriles is 1. The van der Waals surface area contributed by atoms with Gasteiger partial charge in [-0.25, -0.2) is 4.39 Å². The molecular weight excluding hydrogens is 373 g/mol. The van der Waals surface area contributed by atoms with E-state index in [-0.39, 0.29) is 5.69 Å². The van der Waals surface area contributed by atoms with Crippen LogP contribution in [-0.2, 0) is 0 Å². The highest BCUT2D eigenvalue weighted by Crippen LogP contribution is 2.35. The highest BCUT2D eigenvalue weighted by Gasteiger charge is 2.25. The summed E-state index contributed by atoms with van der Waals surface area (Å²) in [4.78, 5) is 4.29. The first-order chi connectivity index (χ1) is 14.2. The fourth-order valence-electron chi connectivity index (χ4n) is 3.75. The van der Waals surface area contributed by atoms with E-state index in [0.29, 0.717) is 35.4 Å². The summed E-state index contributed by atoms with van der Waals surface area (Å²) >= 11 is 0. The van der Waals surface area contributed by atoms with Gasteiger partial charge in [-0.3, -0.25) is 0 Å². The Balaban J connectivity index is 1.69. The van der Waals surface area contributed by atoms with Gasteiger partial charge in [0, 0.05) is 37.6 Å². The molecule has 2 aromatic carbocycles. The third-order valence-corrected chi connectivity index (χ3v) is 5.12. The molecule has 3 aromatic rings. The normalized spacial score (nSPS) is 14.0. The zero-order valence-corrected chi connectivity index (χ0v) is 16.2. The number of fused-ring (bicyclic) bond motifs is 1. The summed E-state index contributed by atoms with van der Waals surface area (Å²) in [6.07, 6.45) is 0. The SMILES string of the molecule is COc1ccccc1N1CCN(c2c(C#N)nnc3c(OC)cc(F)cc23)CC1. The van der Waals surface area contributed by atoms with E-state index in [0.717, 1.165) is 24.5 Å². The molecule has 4 rings (SSSR count). The molecule has 0 amide bonds. The van der Waals surface area contributed by atoms with Gasteiger partial charge in [-0.2, -0.15) is 5.26 Å². The molecule has 8 heteroatoms. The number of anilines is 2. The average Bonchev–Trinajstić information content (AvgIpc) is 2.77. The number of piperazine rings is 1. The van der Waals surface area contributed by atoms with E-state index >= 15 is 0 Å². The number of methoxy groups -OCH3 is 2. The van der Waals surface area contributed by atoms with Crippen LogP contribution in [0.2, 0.25) is 0 Å². The molecular formula is C21H20FN5O2. The quantitative estimate of drug-likeness (QED) is 0.675. The number of aromatic nitrogens is 2. The summed E-state index contributed by atoms with van der Waals surface area (Å²) in [5, 5.41) is 18.2. The van der Waals surface area contributed by atoms with Crippen molar-refractivity contribution in [2.24, 2.45) is 0 Å². The van der Waals surface area contributed by atoms with Crippen molar-refractivity contribution in [2.45, 2.75) is 0 Å². The molecule has 0 radical (unpaired) electrons. The van der Waals surface area contributed by atoms with Crippen LogP contribution in [0.4, 0.5) is 15.8 Å². The van der Waals surface area contributed by atoms with Crippen LogP contribution in [-0.4, -0.2) is 50.6 Å². The second-order valence-electron chi connectivity index (χ2n) is 6.66. The van der Waals surface area contributed by atoms with Crippen LogP contribution < -0.4 is 19.3 Å². The minimum absolute atomic E-state index is 0.177. The maximum atomic E-state index is 14.2. The van der Waals surface area contributed by atoms with Gasteiger partial charge < -0.3 is 19.3 Å². The number of hydrogen-bond acceptors (Lipinski definition) is 7. The molecule has 0 saturated carbocycles. The van der Waals surface area contributed by atoms with Gasteiger partial charge in [-0.1, -0.05) is 12.1 Å². The zero-order valence-electron chi connectivity index (χ0n) is 16.2. The van der Waals surface area contributed by atoms with Crippen molar-refractivity contribution in [1.82, 2.24) is 10.2 Å². The van der Waals surface area contributed by atoms with Crippen molar-refractivity contribution in [3.63, 3.8) is 0 Å². The summed E-state index contributed by atoms with van der Waals surface area (Å²) in [7, 11) is 3.12. The van der Waals surface area contributed by atoms with Crippen LogP contribution in [0.25, 0.3) is 10.9 Å². The number of nitrogens with zero attached hydrogens (tertiary/aromatic N) is 5. The minimum Gasteiger partial charge on any atom is -0.495 e. The third kappa shape index (κ3) is 3.36. The van der Waals surface area contributed by atoms with E-state index in [2.05, 4.69) is 26.1 Å². The van der Waals surface area contributed by atoms with E-state index in [1.165, 1.54) is 19.2 Å². The third-order valence-electron chi connectivity index (χ3n) is 5.12. The van der Waals surface area contributed by atoms with Crippen molar-refractivity contribution < 1.29 is 13.9 Å². The predicted molar refractivity (Wildman–Crippen MR) is 108 cm³/mol. The zero-order chi connectivity index (χ0) is 20.4. The van der Waals surface area contributed by atoms with E-state index in [1.54, 1.807) is 7.11 Å². The summed E-state index contributed by atoms with van der Waals surface area (Å²) in [5.74, 6) is 0.674. The maximum Gasteiger partial charge on any atom is 0.187 e. The number of para-hydroxylation sites is 2. The van der Waals surface area contributed by atoms with Crippen molar-refractivity contribution in [2.75, 3.05) is 50.2 Å². The first-order valence-corrected chi connectivity index (χ1v) is 9.23. The smallest absolute Gasteiger partial charge is 0.187 e.